The zero-order chi connectivity index (χ0) is 47.9. The lowest BCUT2D eigenvalue weighted by atomic mass is 9.90. The van der Waals surface area contributed by atoms with E-state index in [1.807, 2.05) is 164 Å². The van der Waals surface area contributed by atoms with Gasteiger partial charge in [0.15, 0.2) is 0 Å². The van der Waals surface area contributed by atoms with Crippen molar-refractivity contribution in [1.82, 2.24) is 0 Å². The van der Waals surface area contributed by atoms with Crippen LogP contribution in [-0.2, 0) is 70.3 Å². The molecule has 11 nitrogen and oxygen atoms in total. The first-order valence-corrected chi connectivity index (χ1v) is 24.6. The fourth-order valence-corrected chi connectivity index (χ4v) is 8.44. The third-order valence-corrected chi connectivity index (χ3v) is 13.0. The van der Waals surface area contributed by atoms with Crippen molar-refractivity contribution in [2.45, 2.75) is 63.6 Å². The molecule has 1 aromatic heterocycles. The zero-order valence-electron chi connectivity index (χ0n) is 38.9. The summed E-state index contributed by atoms with van der Waals surface area (Å²) in [6.45, 7) is 1.25. The topological polar surface area (TPSA) is 121 Å². The van der Waals surface area contributed by atoms with Crippen molar-refractivity contribution in [3.8, 4) is 5.75 Å². The Bertz CT molecular complexity index is 2650. The SMILES string of the molecule is COP(=O)(C/C=C/C=C/C=C/C=C/c1cc(OCc2ccccc2)c([C@@H]2O[C@H](COCc3ccccc3)[C@H](OCc3ccccc3)[C@H](OCc3ccccc3)[C@H]2OCc2ccccc2)c(=O)o1)OC. The lowest BCUT2D eigenvalue weighted by Crippen LogP contribution is -2.58. The molecule has 5 atom stereocenters. The summed E-state index contributed by atoms with van der Waals surface area (Å²) >= 11 is 0. The van der Waals surface area contributed by atoms with Gasteiger partial charge in [-0.25, -0.2) is 4.79 Å². The monoisotopic (exact) mass is 950 g/mol. The van der Waals surface area contributed by atoms with Gasteiger partial charge in [0.1, 0.15) is 54.2 Å². The molecule has 0 radical (unpaired) electrons. The van der Waals surface area contributed by atoms with E-state index < -0.39 is 43.7 Å². The lowest BCUT2D eigenvalue weighted by Gasteiger charge is -2.46. The van der Waals surface area contributed by atoms with E-state index >= 15 is 0 Å². The fourth-order valence-electron chi connectivity index (χ4n) is 7.61. The predicted octanol–water partition coefficient (Wildman–Crippen LogP) is 11.8. The van der Waals surface area contributed by atoms with E-state index in [1.165, 1.54) is 14.2 Å². The molecule has 12 heteroatoms. The number of benzene rings is 5. The van der Waals surface area contributed by atoms with E-state index in [4.69, 9.17) is 41.9 Å². The van der Waals surface area contributed by atoms with Gasteiger partial charge in [0.05, 0.1) is 39.2 Å². The molecule has 0 N–H and O–H groups in total. The van der Waals surface area contributed by atoms with Gasteiger partial charge in [-0.1, -0.05) is 194 Å². The summed E-state index contributed by atoms with van der Waals surface area (Å²) in [5.41, 5.74) is 4.21. The molecule has 5 aromatic carbocycles. The Labute approximate surface area is 404 Å². The third-order valence-electron chi connectivity index (χ3n) is 11.2. The van der Waals surface area contributed by atoms with Crippen molar-refractivity contribution in [3.63, 3.8) is 0 Å². The maximum atomic E-state index is 14.7. The molecule has 358 valence electrons. The second-order valence-corrected chi connectivity index (χ2v) is 18.4. The first-order valence-electron chi connectivity index (χ1n) is 22.9. The van der Waals surface area contributed by atoms with Crippen LogP contribution in [0.15, 0.2) is 209 Å². The molecule has 69 heavy (non-hydrogen) atoms. The highest BCUT2D eigenvalue weighted by atomic mass is 31.2. The molecule has 0 saturated carbocycles. The Morgan fingerprint density at radius 1 is 0.536 bits per heavy atom. The normalized spacial score (nSPS) is 18.7. The van der Waals surface area contributed by atoms with E-state index in [-0.39, 0.29) is 56.3 Å². The minimum Gasteiger partial charge on any atom is -0.488 e. The average Bonchev–Trinajstić information content (AvgIpc) is 3.39. The van der Waals surface area contributed by atoms with Gasteiger partial charge >= 0.3 is 13.2 Å². The fraction of sp³-hybridized carbons (Fsp3) is 0.246. The number of allylic oxidation sites excluding steroid dienone is 7. The van der Waals surface area contributed by atoms with Crippen molar-refractivity contribution < 1.29 is 46.5 Å². The molecule has 1 saturated heterocycles. The van der Waals surface area contributed by atoms with Crippen LogP contribution >= 0.6 is 7.60 Å². The highest BCUT2D eigenvalue weighted by molar-refractivity contribution is 7.54. The van der Waals surface area contributed by atoms with Gasteiger partial charge in [-0.2, -0.15) is 0 Å². The standard InChI is InChI=1S/C57H59O11P/c1-60-69(59,61-2)36-24-7-5-3-4-6-23-35-49-37-50(63-39-45-27-15-9-16-28-45)52(57(58)67-49)54-56(66-42-48-33-21-12-22-34-48)55(65-41-47-31-19-11-20-32-47)53(64-40-46-29-17-10-18-30-46)51(68-54)43-62-38-44-25-13-8-14-26-44/h3-35,37,51,53-56H,36,38-43H2,1-2H3/b5-3+,6-4+,24-7+,35-23+/t51-,53+,54+,55+,56+/m1/s1. The molecule has 1 aliphatic heterocycles. The van der Waals surface area contributed by atoms with Crippen LogP contribution in [0.1, 0.15) is 45.2 Å². The molecular formula is C57H59O11P. The summed E-state index contributed by atoms with van der Waals surface area (Å²) in [4.78, 5) is 14.7. The molecule has 1 aliphatic rings. The highest BCUT2D eigenvalue weighted by Crippen LogP contribution is 2.46. The molecule has 1 fully saturated rings. The molecule has 6 aromatic rings. The van der Waals surface area contributed by atoms with E-state index in [0.717, 1.165) is 27.8 Å². The minimum atomic E-state index is -3.13. The second kappa shape index (κ2) is 27.1. The summed E-state index contributed by atoms with van der Waals surface area (Å²) in [5.74, 6) is 0.525. The summed E-state index contributed by atoms with van der Waals surface area (Å²) in [5, 5.41) is 0. The maximum absolute atomic E-state index is 14.7. The van der Waals surface area contributed by atoms with Crippen LogP contribution in [0.4, 0.5) is 0 Å². The second-order valence-electron chi connectivity index (χ2n) is 16.1. The molecule has 0 amide bonds. The van der Waals surface area contributed by atoms with Gasteiger partial charge in [-0.3, -0.25) is 4.57 Å². The molecule has 2 heterocycles. The van der Waals surface area contributed by atoms with Crippen LogP contribution in [0.5, 0.6) is 5.75 Å². The number of hydrogen-bond acceptors (Lipinski definition) is 11. The quantitative estimate of drug-likeness (QED) is 0.0403. The summed E-state index contributed by atoms with van der Waals surface area (Å²) in [6.07, 6.45) is 9.99. The Kier molecular flexibility index (Phi) is 19.9. The first-order chi connectivity index (χ1) is 33.9. The van der Waals surface area contributed by atoms with Crippen molar-refractivity contribution in [2.24, 2.45) is 0 Å². The van der Waals surface area contributed by atoms with E-state index in [1.54, 1.807) is 42.5 Å². The largest absolute Gasteiger partial charge is 0.488 e. The Balaban J connectivity index is 1.27. The average molecular weight is 951 g/mol. The van der Waals surface area contributed by atoms with Crippen molar-refractivity contribution in [3.05, 3.63) is 250 Å². The molecule has 0 unspecified atom stereocenters. The van der Waals surface area contributed by atoms with Gasteiger partial charge in [0, 0.05) is 20.3 Å². The van der Waals surface area contributed by atoms with E-state index in [2.05, 4.69) is 0 Å². The number of rotatable bonds is 25. The lowest BCUT2D eigenvalue weighted by molar-refractivity contribution is -0.275. The maximum Gasteiger partial charge on any atom is 0.345 e. The van der Waals surface area contributed by atoms with Crippen LogP contribution in [0.3, 0.4) is 0 Å². The molecule has 0 aliphatic carbocycles. The van der Waals surface area contributed by atoms with Gasteiger partial charge in [-0.15, -0.1) is 0 Å². The van der Waals surface area contributed by atoms with E-state index in [0.29, 0.717) is 6.61 Å². The van der Waals surface area contributed by atoms with Crippen LogP contribution in [0, 0.1) is 0 Å². The number of hydrogen-bond donors (Lipinski definition) is 0. The van der Waals surface area contributed by atoms with Crippen LogP contribution in [0.25, 0.3) is 6.08 Å². The summed E-state index contributed by atoms with van der Waals surface area (Å²) in [7, 11) is -0.412. The molecule has 0 spiro atoms. The predicted molar refractivity (Wildman–Crippen MR) is 267 cm³/mol. The van der Waals surface area contributed by atoms with Gasteiger partial charge in [-0.05, 0) is 33.9 Å². The van der Waals surface area contributed by atoms with Crippen molar-refractivity contribution in [2.75, 3.05) is 27.0 Å². The Hall–Kier alpha value is -6.24. The molecule has 0 bridgehead atoms. The van der Waals surface area contributed by atoms with Gasteiger partial charge in [0.2, 0.25) is 0 Å². The molecule has 7 rings (SSSR count). The summed E-state index contributed by atoms with van der Waals surface area (Å²) < 4.78 is 69.2. The Morgan fingerprint density at radius 3 is 1.51 bits per heavy atom. The van der Waals surface area contributed by atoms with Crippen LogP contribution in [0.2, 0.25) is 0 Å². The van der Waals surface area contributed by atoms with E-state index in [9.17, 15) is 9.36 Å². The van der Waals surface area contributed by atoms with Crippen molar-refractivity contribution in [1.29, 1.82) is 0 Å². The van der Waals surface area contributed by atoms with Crippen LogP contribution in [-0.4, -0.2) is 51.4 Å². The highest BCUT2D eigenvalue weighted by Gasteiger charge is 2.51. The number of ether oxygens (including phenoxy) is 6. The van der Waals surface area contributed by atoms with Crippen molar-refractivity contribution >= 4 is 13.7 Å². The van der Waals surface area contributed by atoms with Gasteiger partial charge < -0.3 is 41.9 Å². The Morgan fingerprint density at radius 2 is 0.986 bits per heavy atom. The molecular weight excluding hydrogens is 892 g/mol. The smallest absolute Gasteiger partial charge is 0.345 e. The first kappa shape index (κ1) is 50.6. The summed E-state index contributed by atoms with van der Waals surface area (Å²) in [6, 6.07) is 51.0. The van der Waals surface area contributed by atoms with Gasteiger partial charge in [0.25, 0.3) is 0 Å². The van der Waals surface area contributed by atoms with Crippen LogP contribution < -0.4 is 10.4 Å². The minimum absolute atomic E-state index is 0.103. The third kappa shape index (κ3) is 15.6. The zero-order valence-corrected chi connectivity index (χ0v) is 39.8.